The Hall–Kier alpha value is 1.02. The molecule has 152 valence electrons. The normalized spacial score (nSPS) is 13.2. The Morgan fingerprint density at radius 1 is 0.667 bits per heavy atom. The van der Waals surface area contributed by atoms with Gasteiger partial charge in [0.1, 0.15) is 0 Å². The zero-order valence-electron chi connectivity index (χ0n) is 18.2. The predicted octanol–water partition coefficient (Wildman–Crippen LogP) is 8.39. The average Bonchev–Trinajstić information content (AvgIpc) is 2.64. The quantitative estimate of drug-likeness (QED) is 0.337. The van der Waals surface area contributed by atoms with Crippen LogP contribution in [0.4, 0.5) is 8.39 Å². The summed E-state index contributed by atoms with van der Waals surface area (Å²) < 4.78 is 26.3. The Bertz CT molecular complexity index is 283. The molecule has 24 heavy (non-hydrogen) atoms. The molecule has 0 bridgehead atoms. The molecule has 0 aromatic rings. The van der Waals surface area contributed by atoms with Crippen LogP contribution in [0.15, 0.2) is 0 Å². The van der Waals surface area contributed by atoms with Crippen molar-refractivity contribution < 1.29 is 8.39 Å². The van der Waals surface area contributed by atoms with Crippen molar-refractivity contribution in [2.45, 2.75) is 62.3 Å². The summed E-state index contributed by atoms with van der Waals surface area (Å²) in [5.41, 5.74) is 0. The van der Waals surface area contributed by atoms with Gasteiger partial charge in [0.05, 0.1) is 0 Å². The molecule has 0 aliphatic rings. The van der Waals surface area contributed by atoms with Crippen LogP contribution in [0.5, 0.6) is 0 Å². The van der Waals surface area contributed by atoms with Crippen LogP contribution in [0, 0.1) is 0 Å². The fourth-order valence-corrected chi connectivity index (χ4v) is 6.04. The summed E-state index contributed by atoms with van der Waals surface area (Å²) in [6, 6.07) is 0. The minimum absolute atomic E-state index is 0.0819. The third-order valence-electron chi connectivity index (χ3n) is 5.41. The van der Waals surface area contributed by atoms with Crippen molar-refractivity contribution in [2.75, 3.05) is 55.5 Å². The summed E-state index contributed by atoms with van der Waals surface area (Å²) in [5.74, 6) is 0. The first-order chi connectivity index (χ1) is 11.0. The molecule has 0 saturated carbocycles. The van der Waals surface area contributed by atoms with Gasteiger partial charge in [-0.15, -0.1) is 21.1 Å². The number of hydrogen-bond acceptors (Lipinski definition) is 0. The van der Waals surface area contributed by atoms with Gasteiger partial charge in [-0.3, -0.25) is 0 Å². The van der Waals surface area contributed by atoms with E-state index in [0.29, 0.717) is 7.92 Å². The van der Waals surface area contributed by atoms with Crippen molar-refractivity contribution in [2.24, 2.45) is 0 Å². The van der Waals surface area contributed by atoms with Crippen molar-refractivity contribution in [3.63, 3.8) is 0 Å². The van der Waals surface area contributed by atoms with Gasteiger partial charge in [0.2, 0.25) is 0 Å². The van der Waals surface area contributed by atoms with Crippen LogP contribution in [0.1, 0.15) is 62.3 Å². The van der Waals surface area contributed by atoms with E-state index in [1.807, 2.05) is 0 Å². The number of halogens is 2. The maximum absolute atomic E-state index is 13.1. The zero-order valence-corrected chi connectivity index (χ0v) is 20.9. The first-order valence-corrected chi connectivity index (χ1v) is 16.9. The summed E-state index contributed by atoms with van der Waals surface area (Å²) in [6.45, 7) is 17.7. The van der Waals surface area contributed by atoms with E-state index in [1.54, 1.807) is 20.8 Å². The van der Waals surface area contributed by atoms with E-state index in [0.717, 1.165) is 0 Å². The fraction of sp³-hybridized carbons (Fsp3) is 0.947. The molecule has 0 aliphatic carbocycles. The molecule has 0 spiro atoms. The van der Waals surface area contributed by atoms with Crippen molar-refractivity contribution in [3.8, 4) is 0 Å². The van der Waals surface area contributed by atoms with Crippen molar-refractivity contribution in [1.29, 1.82) is 0 Å². The molecule has 0 atom stereocenters. The molecule has 0 fully saturated rings. The van der Waals surface area contributed by atoms with Gasteiger partial charge in [-0.05, 0) is 37.0 Å². The van der Waals surface area contributed by atoms with E-state index in [-0.39, 0.29) is 18.5 Å². The standard InChI is InChI=1S/C7H17P.C6H15F2P.C6H15P/c1-5-8(4,6-2)7-3;1-4-9(7,8,5-2)6-3;1-4-7(5-2)6-3/h4-7H2,1-3H3;4-6H2,1-3H3;4-6H2,1-3H3. The summed E-state index contributed by atoms with van der Waals surface area (Å²) in [7, 11) is -3.68. The van der Waals surface area contributed by atoms with Crippen LogP contribution in [0.25, 0.3) is 0 Å². The minimum atomic E-state index is -4.13. The molecule has 0 aliphatic heterocycles. The summed E-state index contributed by atoms with van der Waals surface area (Å²) in [5, 5.41) is 0. The second-order valence-electron chi connectivity index (χ2n) is 6.31. The van der Waals surface area contributed by atoms with Crippen LogP contribution in [-0.2, 0) is 0 Å². The topological polar surface area (TPSA) is 0 Å². The van der Waals surface area contributed by atoms with E-state index < -0.39 is 14.1 Å². The molecule has 0 radical (unpaired) electrons. The molecule has 0 unspecified atom stereocenters. The Balaban J connectivity index is -0.000000278. The Kier molecular flexibility index (Phi) is 18.7. The van der Waals surface area contributed by atoms with E-state index in [4.69, 9.17) is 0 Å². The summed E-state index contributed by atoms with van der Waals surface area (Å²) in [6.07, 6.45) is 12.7. The molecule has 0 nitrogen and oxygen atoms in total. The molecule has 0 saturated heterocycles. The van der Waals surface area contributed by atoms with Crippen LogP contribution in [0.3, 0.4) is 0 Å². The molecule has 0 N–H and O–H groups in total. The average molecular weight is 407 g/mol. The van der Waals surface area contributed by atoms with E-state index >= 15 is 0 Å². The first-order valence-electron chi connectivity index (χ1n) is 9.86. The van der Waals surface area contributed by atoms with Gasteiger partial charge in [-0.25, -0.2) is 0 Å². The predicted molar refractivity (Wildman–Crippen MR) is 125 cm³/mol. The van der Waals surface area contributed by atoms with Crippen LogP contribution < -0.4 is 0 Å². The van der Waals surface area contributed by atoms with Crippen molar-refractivity contribution in [1.82, 2.24) is 0 Å². The van der Waals surface area contributed by atoms with Gasteiger partial charge >= 0.3 is 54.9 Å². The van der Waals surface area contributed by atoms with Gasteiger partial charge in [0, 0.05) is 0 Å². The Morgan fingerprint density at radius 3 is 0.917 bits per heavy atom. The van der Waals surface area contributed by atoms with Gasteiger partial charge in [-0.2, -0.15) is 0 Å². The SMILES string of the molecule is C=P(CC)(CC)CC.CCP(CC)CC.CCP(F)(F)(CC)CC. The first kappa shape index (κ1) is 29.8. The fourth-order valence-electron chi connectivity index (χ4n) is 2.01. The van der Waals surface area contributed by atoms with Crippen LogP contribution in [-0.4, -0.2) is 61.8 Å². The van der Waals surface area contributed by atoms with Gasteiger partial charge in [-0.1, -0.05) is 41.5 Å². The van der Waals surface area contributed by atoms with E-state index in [1.165, 1.54) is 37.0 Å². The van der Waals surface area contributed by atoms with E-state index in [2.05, 4.69) is 47.8 Å². The molecular weight excluding hydrogens is 359 g/mol. The molecule has 0 heterocycles. The second-order valence-corrected chi connectivity index (χ2v) is 18.9. The van der Waals surface area contributed by atoms with Crippen molar-refractivity contribution >= 4 is 28.3 Å². The number of hydrogen-bond donors (Lipinski definition) is 0. The Labute approximate surface area is 154 Å². The van der Waals surface area contributed by atoms with Crippen LogP contribution in [0.2, 0.25) is 0 Å². The zero-order chi connectivity index (χ0) is 19.9. The molecule has 0 aromatic heterocycles. The van der Waals surface area contributed by atoms with Gasteiger partial charge in [0.25, 0.3) is 0 Å². The molecule has 0 amide bonds. The molecule has 5 heteroatoms. The number of rotatable bonds is 9. The third-order valence-corrected chi connectivity index (χ3v) is 16.2. The summed E-state index contributed by atoms with van der Waals surface area (Å²) in [4.78, 5) is 0. The second kappa shape index (κ2) is 15.1. The molecular formula is C19H47F2P3. The monoisotopic (exact) mass is 406 g/mol. The van der Waals surface area contributed by atoms with Gasteiger partial charge in [0.15, 0.2) is 0 Å². The third kappa shape index (κ3) is 14.2. The summed E-state index contributed by atoms with van der Waals surface area (Å²) >= 11 is 0. The maximum atomic E-state index is 13.1. The van der Waals surface area contributed by atoms with Crippen LogP contribution >= 0.6 is 22.0 Å². The molecule has 0 aromatic carbocycles. The molecule has 0 rings (SSSR count). The van der Waals surface area contributed by atoms with E-state index in [9.17, 15) is 8.39 Å². The van der Waals surface area contributed by atoms with Gasteiger partial charge < -0.3 is 0 Å². The Morgan fingerprint density at radius 2 is 0.917 bits per heavy atom. The van der Waals surface area contributed by atoms with Crippen molar-refractivity contribution in [3.05, 3.63) is 0 Å².